The number of carbonyl (C=O) groups excluding carboxylic acids is 1. The lowest BCUT2D eigenvalue weighted by atomic mass is 10.0. The number of hydrogen-bond acceptors (Lipinski definition) is 4. The van der Waals surface area contributed by atoms with Crippen molar-refractivity contribution in [1.29, 1.82) is 0 Å². The van der Waals surface area contributed by atoms with Gasteiger partial charge in [0.2, 0.25) is 5.91 Å². The minimum atomic E-state index is -0.0288. The van der Waals surface area contributed by atoms with Gasteiger partial charge in [-0.2, -0.15) is 0 Å². The number of carbonyl (C=O) groups is 1. The molecule has 0 spiro atoms. The highest BCUT2D eigenvalue weighted by atomic mass is 16.6. The topological polar surface area (TPSA) is 59.6 Å². The van der Waals surface area contributed by atoms with Gasteiger partial charge in [0.05, 0.1) is 12.0 Å². The molecule has 0 bridgehead atoms. The fraction of sp³-hybridized carbons (Fsp3) is 0.533. The molecule has 0 saturated carbocycles. The number of benzene rings is 1. The van der Waals surface area contributed by atoms with Crippen LogP contribution >= 0.6 is 0 Å². The molecular formula is C15H20N2O3. The van der Waals surface area contributed by atoms with Gasteiger partial charge in [0.15, 0.2) is 11.5 Å². The molecule has 3 rings (SSSR count). The Labute approximate surface area is 118 Å². The Morgan fingerprint density at radius 1 is 1.35 bits per heavy atom. The predicted octanol–water partition coefficient (Wildman–Crippen LogP) is 1.24. The second-order valence-corrected chi connectivity index (χ2v) is 5.32. The average molecular weight is 276 g/mol. The molecule has 20 heavy (non-hydrogen) atoms. The van der Waals surface area contributed by atoms with Gasteiger partial charge in [0, 0.05) is 6.54 Å². The summed E-state index contributed by atoms with van der Waals surface area (Å²) < 4.78 is 11.1. The van der Waals surface area contributed by atoms with E-state index in [0.717, 1.165) is 36.6 Å². The van der Waals surface area contributed by atoms with E-state index < -0.39 is 0 Å². The van der Waals surface area contributed by atoms with E-state index in [9.17, 15) is 4.79 Å². The maximum atomic E-state index is 12.1. The van der Waals surface area contributed by atoms with Crippen LogP contribution < -0.4 is 20.1 Å². The predicted molar refractivity (Wildman–Crippen MR) is 75.0 cm³/mol. The van der Waals surface area contributed by atoms with Crippen molar-refractivity contribution in [3.63, 3.8) is 0 Å². The molecule has 5 heteroatoms. The van der Waals surface area contributed by atoms with E-state index in [4.69, 9.17) is 9.47 Å². The van der Waals surface area contributed by atoms with E-state index in [0.29, 0.717) is 13.2 Å². The van der Waals surface area contributed by atoms with Crippen LogP contribution in [0.4, 0.5) is 0 Å². The van der Waals surface area contributed by atoms with Gasteiger partial charge >= 0.3 is 0 Å². The summed E-state index contributed by atoms with van der Waals surface area (Å²) in [4.78, 5) is 12.1. The minimum absolute atomic E-state index is 0.0288. The van der Waals surface area contributed by atoms with Crippen molar-refractivity contribution in [2.45, 2.75) is 19.4 Å². The Hall–Kier alpha value is -1.75. The Morgan fingerprint density at radius 2 is 2.15 bits per heavy atom. The molecule has 108 valence electrons. The summed E-state index contributed by atoms with van der Waals surface area (Å²) in [5, 5.41) is 6.28. The molecule has 2 aliphatic heterocycles. The van der Waals surface area contributed by atoms with Gasteiger partial charge in [-0.1, -0.05) is 6.07 Å². The van der Waals surface area contributed by atoms with Crippen molar-refractivity contribution >= 4 is 5.91 Å². The van der Waals surface area contributed by atoms with E-state index in [1.54, 1.807) is 0 Å². The number of rotatable bonds is 3. The van der Waals surface area contributed by atoms with Gasteiger partial charge in [0.25, 0.3) is 0 Å². The van der Waals surface area contributed by atoms with Crippen LogP contribution in [-0.4, -0.2) is 32.2 Å². The van der Waals surface area contributed by atoms with Gasteiger partial charge in [-0.15, -0.1) is 0 Å². The van der Waals surface area contributed by atoms with Crippen molar-refractivity contribution in [3.05, 3.63) is 23.8 Å². The number of nitrogens with one attached hydrogen (secondary N) is 2. The lowest BCUT2D eigenvalue weighted by molar-refractivity contribution is -0.125. The summed E-state index contributed by atoms with van der Waals surface area (Å²) >= 11 is 0. The second-order valence-electron chi connectivity index (χ2n) is 5.32. The molecule has 1 aromatic carbocycles. The van der Waals surface area contributed by atoms with E-state index in [-0.39, 0.29) is 17.9 Å². The lowest BCUT2D eigenvalue weighted by Crippen LogP contribution is -2.33. The summed E-state index contributed by atoms with van der Waals surface area (Å²) in [7, 11) is 0. The van der Waals surface area contributed by atoms with Crippen LogP contribution in [0.5, 0.6) is 11.5 Å². The summed E-state index contributed by atoms with van der Waals surface area (Å²) in [5.41, 5.74) is 1.04. The van der Waals surface area contributed by atoms with Crippen molar-refractivity contribution in [3.8, 4) is 11.5 Å². The molecule has 0 aliphatic carbocycles. The third-order valence-corrected chi connectivity index (χ3v) is 3.86. The highest BCUT2D eigenvalue weighted by Gasteiger charge is 2.24. The van der Waals surface area contributed by atoms with Crippen LogP contribution in [0.15, 0.2) is 18.2 Å². The molecule has 2 aliphatic rings. The molecule has 2 heterocycles. The van der Waals surface area contributed by atoms with Crippen LogP contribution in [0.25, 0.3) is 0 Å². The Balaban J connectivity index is 1.67. The van der Waals surface area contributed by atoms with Crippen LogP contribution in [0.3, 0.4) is 0 Å². The molecular weight excluding hydrogens is 256 g/mol. The number of hydrogen-bond donors (Lipinski definition) is 2. The maximum absolute atomic E-state index is 12.1. The minimum Gasteiger partial charge on any atom is -0.486 e. The van der Waals surface area contributed by atoms with Crippen molar-refractivity contribution in [2.75, 3.05) is 26.3 Å². The zero-order valence-electron chi connectivity index (χ0n) is 11.6. The van der Waals surface area contributed by atoms with E-state index in [2.05, 4.69) is 10.6 Å². The molecule has 1 amide bonds. The zero-order valence-corrected chi connectivity index (χ0v) is 11.6. The Kier molecular flexibility index (Phi) is 3.78. The molecule has 5 nitrogen and oxygen atoms in total. The number of ether oxygens (including phenoxy) is 2. The summed E-state index contributed by atoms with van der Waals surface area (Å²) in [5.74, 6) is 1.75. The molecule has 0 radical (unpaired) electrons. The fourth-order valence-corrected chi connectivity index (χ4v) is 2.62. The highest BCUT2D eigenvalue weighted by molar-refractivity contribution is 5.79. The van der Waals surface area contributed by atoms with Crippen molar-refractivity contribution < 1.29 is 14.3 Å². The first-order chi connectivity index (χ1) is 9.74. The normalized spacial score (nSPS) is 22.4. The SMILES string of the molecule is CC(NC(=O)C1CCNC1)c1ccc2c(c1)OCCO2. The van der Waals surface area contributed by atoms with Gasteiger partial charge in [0.1, 0.15) is 13.2 Å². The first-order valence-electron chi connectivity index (χ1n) is 7.14. The van der Waals surface area contributed by atoms with Gasteiger partial charge in [-0.05, 0) is 37.6 Å². The molecule has 1 aromatic rings. The monoisotopic (exact) mass is 276 g/mol. The number of amides is 1. The van der Waals surface area contributed by atoms with E-state index in [1.165, 1.54) is 0 Å². The van der Waals surface area contributed by atoms with Gasteiger partial charge < -0.3 is 20.1 Å². The Bertz CT molecular complexity index is 498. The summed E-state index contributed by atoms with van der Waals surface area (Å²) in [6.45, 7) is 4.86. The highest BCUT2D eigenvalue weighted by Crippen LogP contribution is 2.32. The zero-order chi connectivity index (χ0) is 13.9. The molecule has 2 unspecified atom stereocenters. The average Bonchev–Trinajstić information content (AvgIpc) is 3.01. The standard InChI is InChI=1S/C15H20N2O3/c1-10(17-15(18)12-4-5-16-9-12)11-2-3-13-14(8-11)20-7-6-19-13/h2-3,8,10,12,16H,4-7,9H2,1H3,(H,17,18). The lowest BCUT2D eigenvalue weighted by Gasteiger charge is -2.21. The van der Waals surface area contributed by atoms with E-state index >= 15 is 0 Å². The van der Waals surface area contributed by atoms with Crippen molar-refractivity contribution in [1.82, 2.24) is 10.6 Å². The van der Waals surface area contributed by atoms with Crippen molar-refractivity contribution in [2.24, 2.45) is 5.92 Å². The molecule has 2 atom stereocenters. The number of fused-ring (bicyclic) bond motifs is 1. The van der Waals surface area contributed by atoms with Crippen LogP contribution in [0.2, 0.25) is 0 Å². The quantitative estimate of drug-likeness (QED) is 0.872. The molecule has 2 N–H and O–H groups in total. The van der Waals surface area contributed by atoms with Crippen LogP contribution in [0, 0.1) is 5.92 Å². The smallest absolute Gasteiger partial charge is 0.224 e. The second kappa shape index (κ2) is 5.71. The maximum Gasteiger partial charge on any atom is 0.224 e. The van der Waals surface area contributed by atoms with Crippen LogP contribution in [0.1, 0.15) is 24.9 Å². The third-order valence-electron chi connectivity index (χ3n) is 3.86. The molecule has 1 saturated heterocycles. The largest absolute Gasteiger partial charge is 0.486 e. The van der Waals surface area contributed by atoms with E-state index in [1.807, 2.05) is 25.1 Å². The summed E-state index contributed by atoms with van der Waals surface area (Å²) in [6.07, 6.45) is 0.916. The first kappa shape index (κ1) is 13.2. The molecule has 0 aromatic heterocycles. The Morgan fingerprint density at radius 3 is 2.90 bits per heavy atom. The third kappa shape index (κ3) is 2.72. The first-order valence-corrected chi connectivity index (χ1v) is 7.14. The summed E-state index contributed by atoms with van der Waals surface area (Å²) in [6, 6.07) is 5.81. The van der Waals surface area contributed by atoms with Gasteiger partial charge in [-0.25, -0.2) is 0 Å². The fourth-order valence-electron chi connectivity index (χ4n) is 2.62. The van der Waals surface area contributed by atoms with Crippen LogP contribution in [-0.2, 0) is 4.79 Å². The van der Waals surface area contributed by atoms with Gasteiger partial charge in [-0.3, -0.25) is 4.79 Å². The molecule has 1 fully saturated rings.